The number of nitrogens with one attached hydrogen (secondary N) is 1. The molecule has 8 heteroatoms. The Bertz CT molecular complexity index is 470. The van der Waals surface area contributed by atoms with E-state index in [9.17, 15) is 18.0 Å². The van der Waals surface area contributed by atoms with Gasteiger partial charge in [-0.2, -0.15) is 8.42 Å². The van der Waals surface area contributed by atoms with Crippen LogP contribution in [0.3, 0.4) is 0 Å². The Morgan fingerprint density at radius 3 is 2.55 bits per heavy atom. The van der Waals surface area contributed by atoms with E-state index < -0.39 is 10.1 Å². The highest BCUT2D eigenvalue weighted by atomic mass is 32.2. The van der Waals surface area contributed by atoms with E-state index in [-0.39, 0.29) is 17.6 Å². The molecular weight excluding hydrogens is 284 g/mol. The highest BCUT2D eigenvalue weighted by molar-refractivity contribution is 7.85. The van der Waals surface area contributed by atoms with Crippen LogP contribution in [0.15, 0.2) is 25.1 Å². The summed E-state index contributed by atoms with van der Waals surface area (Å²) in [5, 5.41) is 2.38. The molecule has 114 valence electrons. The van der Waals surface area contributed by atoms with Crippen molar-refractivity contribution in [3.63, 3.8) is 0 Å². The maximum absolute atomic E-state index is 11.1. The van der Waals surface area contributed by atoms with Gasteiger partial charge in [0.2, 0.25) is 11.8 Å². The average molecular weight is 304 g/mol. The fourth-order valence-electron chi connectivity index (χ4n) is 1.39. The number of likely N-dealkylation sites (tertiary alicyclic amines) is 1. The third kappa shape index (κ3) is 9.29. The molecule has 0 radical (unpaired) electrons. The van der Waals surface area contributed by atoms with Crippen molar-refractivity contribution in [2.24, 2.45) is 0 Å². The van der Waals surface area contributed by atoms with Crippen molar-refractivity contribution in [2.45, 2.75) is 26.2 Å². The van der Waals surface area contributed by atoms with Gasteiger partial charge in [0.1, 0.15) is 0 Å². The predicted molar refractivity (Wildman–Crippen MR) is 75.1 cm³/mol. The van der Waals surface area contributed by atoms with Crippen molar-refractivity contribution < 1.29 is 22.6 Å². The molecule has 0 aromatic rings. The lowest BCUT2D eigenvalue weighted by molar-refractivity contribution is -0.125. The highest BCUT2D eigenvalue weighted by Crippen LogP contribution is 2.09. The molecule has 0 unspecified atom stereocenters. The minimum atomic E-state index is -3.67. The van der Waals surface area contributed by atoms with E-state index >= 15 is 0 Å². The van der Waals surface area contributed by atoms with Crippen LogP contribution >= 0.6 is 0 Å². The molecule has 0 spiro atoms. The minimum Gasteiger partial charge on any atom is -0.330 e. The lowest BCUT2D eigenvalue weighted by atomic mass is 10.4. The smallest absolute Gasteiger partial charge is 0.264 e. The number of amides is 2. The maximum atomic E-state index is 11.1. The SMILES string of the molecule is C=CNC(=O)C=CN1CCCC1=O.CCCS(=O)(=O)O. The van der Waals surface area contributed by atoms with Gasteiger partial charge in [0.05, 0.1) is 5.75 Å². The highest BCUT2D eigenvalue weighted by Gasteiger charge is 2.17. The molecule has 1 rings (SSSR count). The molecule has 0 aliphatic carbocycles. The Kier molecular flexibility index (Phi) is 8.49. The van der Waals surface area contributed by atoms with Crippen LogP contribution in [0.4, 0.5) is 0 Å². The van der Waals surface area contributed by atoms with Crippen LogP contribution in [0.2, 0.25) is 0 Å². The number of rotatable bonds is 5. The summed E-state index contributed by atoms with van der Waals surface area (Å²) >= 11 is 0. The van der Waals surface area contributed by atoms with Gasteiger partial charge >= 0.3 is 0 Å². The predicted octanol–water partition coefficient (Wildman–Crippen LogP) is 0.666. The second kappa shape index (κ2) is 9.27. The summed E-state index contributed by atoms with van der Waals surface area (Å²) in [5.41, 5.74) is 0. The third-order valence-corrected chi connectivity index (χ3v) is 3.15. The molecule has 0 aromatic heterocycles. The van der Waals surface area contributed by atoms with Gasteiger partial charge in [-0.15, -0.1) is 0 Å². The monoisotopic (exact) mass is 304 g/mol. The van der Waals surface area contributed by atoms with Crippen molar-refractivity contribution in [3.8, 4) is 0 Å². The lowest BCUT2D eigenvalue weighted by Gasteiger charge is -2.07. The number of hydrogen-bond donors (Lipinski definition) is 2. The Balaban J connectivity index is 0.000000441. The zero-order valence-corrected chi connectivity index (χ0v) is 12.2. The summed E-state index contributed by atoms with van der Waals surface area (Å²) < 4.78 is 27.6. The largest absolute Gasteiger partial charge is 0.330 e. The van der Waals surface area contributed by atoms with Gasteiger partial charge in [0.25, 0.3) is 10.1 Å². The van der Waals surface area contributed by atoms with Crippen molar-refractivity contribution in [1.82, 2.24) is 10.2 Å². The standard InChI is InChI=1S/C9H12N2O2.C3H8O3S/c1-2-10-8(12)5-7-11-6-3-4-9(11)13;1-2-3-7(4,5)6/h2,5,7H,1,3-4,6H2,(H,10,12);2-3H2,1H3,(H,4,5,6). The molecule has 0 saturated carbocycles. The van der Waals surface area contributed by atoms with Gasteiger partial charge in [0, 0.05) is 25.2 Å². The van der Waals surface area contributed by atoms with Gasteiger partial charge in [-0.3, -0.25) is 14.1 Å². The molecule has 20 heavy (non-hydrogen) atoms. The number of hydrogen-bond acceptors (Lipinski definition) is 4. The summed E-state index contributed by atoms with van der Waals surface area (Å²) in [6.07, 6.45) is 6.05. The van der Waals surface area contributed by atoms with Crippen molar-refractivity contribution in [2.75, 3.05) is 12.3 Å². The van der Waals surface area contributed by atoms with Gasteiger partial charge in [-0.05, 0) is 19.0 Å². The molecule has 0 aromatic carbocycles. The second-order valence-corrected chi connectivity index (χ2v) is 5.58. The molecule has 0 bridgehead atoms. The second-order valence-electron chi connectivity index (χ2n) is 4.01. The first kappa shape index (κ1) is 18.3. The first-order valence-corrected chi connectivity index (χ1v) is 7.75. The first-order chi connectivity index (χ1) is 9.30. The van der Waals surface area contributed by atoms with Crippen LogP contribution < -0.4 is 5.32 Å². The number of carbonyl (C=O) groups is 2. The van der Waals surface area contributed by atoms with Crippen LogP contribution in [0.1, 0.15) is 26.2 Å². The van der Waals surface area contributed by atoms with Crippen molar-refractivity contribution in [1.29, 1.82) is 0 Å². The lowest BCUT2D eigenvalue weighted by Crippen LogP contribution is -2.20. The molecule has 1 aliphatic heterocycles. The van der Waals surface area contributed by atoms with Gasteiger partial charge in [-0.1, -0.05) is 13.5 Å². The Morgan fingerprint density at radius 2 is 2.20 bits per heavy atom. The van der Waals surface area contributed by atoms with E-state index in [0.717, 1.165) is 6.42 Å². The zero-order chi connectivity index (χ0) is 15.6. The van der Waals surface area contributed by atoms with Crippen LogP contribution in [-0.2, 0) is 19.7 Å². The Morgan fingerprint density at radius 1 is 1.55 bits per heavy atom. The number of nitrogens with zero attached hydrogens (tertiary/aromatic N) is 1. The maximum Gasteiger partial charge on any atom is 0.264 e. The third-order valence-electron chi connectivity index (χ3n) is 2.22. The van der Waals surface area contributed by atoms with Gasteiger partial charge < -0.3 is 10.2 Å². The van der Waals surface area contributed by atoms with Crippen LogP contribution in [0, 0.1) is 0 Å². The fourth-order valence-corrected chi connectivity index (χ4v) is 1.91. The zero-order valence-electron chi connectivity index (χ0n) is 11.4. The van der Waals surface area contributed by atoms with E-state index in [1.165, 1.54) is 18.5 Å². The minimum absolute atomic E-state index is 0.0719. The molecule has 1 fully saturated rings. The van der Waals surface area contributed by atoms with E-state index in [4.69, 9.17) is 4.55 Å². The molecule has 2 N–H and O–H groups in total. The summed E-state index contributed by atoms with van der Waals surface area (Å²) in [7, 11) is -3.67. The van der Waals surface area contributed by atoms with Crippen molar-refractivity contribution in [3.05, 3.63) is 25.1 Å². The summed E-state index contributed by atoms with van der Waals surface area (Å²) in [6, 6.07) is 0. The van der Waals surface area contributed by atoms with Crippen LogP contribution in [0.5, 0.6) is 0 Å². The first-order valence-electron chi connectivity index (χ1n) is 6.14. The molecule has 1 heterocycles. The van der Waals surface area contributed by atoms with E-state index in [1.54, 1.807) is 11.8 Å². The Labute approximate surface area is 119 Å². The molecule has 1 saturated heterocycles. The molecule has 2 amide bonds. The normalized spacial score (nSPS) is 14.9. The fraction of sp³-hybridized carbons (Fsp3) is 0.500. The Hall–Kier alpha value is -1.67. The van der Waals surface area contributed by atoms with Crippen LogP contribution in [0.25, 0.3) is 0 Å². The van der Waals surface area contributed by atoms with Gasteiger partial charge in [0.15, 0.2) is 0 Å². The van der Waals surface area contributed by atoms with E-state index in [2.05, 4.69) is 11.9 Å². The molecule has 1 aliphatic rings. The quantitative estimate of drug-likeness (QED) is 0.574. The van der Waals surface area contributed by atoms with E-state index in [0.29, 0.717) is 19.4 Å². The summed E-state index contributed by atoms with van der Waals surface area (Å²) in [5.74, 6) is -0.329. The average Bonchev–Trinajstić information content (AvgIpc) is 2.72. The van der Waals surface area contributed by atoms with Gasteiger partial charge in [-0.25, -0.2) is 0 Å². The summed E-state index contributed by atoms with van der Waals surface area (Å²) in [6.45, 7) is 5.74. The molecular formula is C12H20N2O5S. The molecule has 7 nitrogen and oxygen atoms in total. The summed E-state index contributed by atoms with van der Waals surface area (Å²) in [4.78, 5) is 23.5. The number of carbonyl (C=O) groups excluding carboxylic acids is 2. The molecule has 0 atom stereocenters. The van der Waals surface area contributed by atoms with Crippen LogP contribution in [-0.4, -0.2) is 42.0 Å². The van der Waals surface area contributed by atoms with Crippen molar-refractivity contribution >= 4 is 21.9 Å². The topological polar surface area (TPSA) is 104 Å². The van der Waals surface area contributed by atoms with E-state index in [1.807, 2.05) is 0 Å².